The van der Waals surface area contributed by atoms with Crippen molar-refractivity contribution in [2.75, 3.05) is 5.32 Å². The number of nitrogens with zero attached hydrogens (tertiary/aromatic N) is 2. The second-order valence-electron chi connectivity index (χ2n) is 6.22. The molecule has 3 rings (SSSR count). The summed E-state index contributed by atoms with van der Waals surface area (Å²) in [4.78, 5) is 12.5. The average molecular weight is 419 g/mol. The molecule has 0 spiro atoms. The van der Waals surface area contributed by atoms with Crippen LogP contribution < -0.4 is 10.0 Å². The van der Waals surface area contributed by atoms with Crippen molar-refractivity contribution in [3.8, 4) is 5.69 Å². The molecule has 1 amide bonds. The first-order chi connectivity index (χ1) is 13.3. The minimum absolute atomic E-state index is 0.0349. The minimum atomic E-state index is -3.85. The number of aromatic nitrogens is 2. The molecule has 7 nitrogen and oxygen atoms in total. The molecule has 0 aliphatic heterocycles. The molecule has 0 fully saturated rings. The highest BCUT2D eigenvalue weighted by Crippen LogP contribution is 2.17. The van der Waals surface area contributed by atoms with Gasteiger partial charge in [-0.25, -0.2) is 13.1 Å². The zero-order valence-electron chi connectivity index (χ0n) is 15.3. The molecule has 2 aromatic carbocycles. The van der Waals surface area contributed by atoms with Gasteiger partial charge in [0.25, 0.3) is 0 Å². The van der Waals surface area contributed by atoms with Crippen LogP contribution in [0.1, 0.15) is 12.6 Å². The minimum Gasteiger partial charge on any atom is -0.325 e. The Morgan fingerprint density at radius 2 is 1.86 bits per heavy atom. The molecule has 3 aromatic rings. The van der Waals surface area contributed by atoms with E-state index in [0.29, 0.717) is 10.7 Å². The van der Waals surface area contributed by atoms with Crippen LogP contribution in [0.2, 0.25) is 5.02 Å². The van der Waals surface area contributed by atoms with Gasteiger partial charge in [0, 0.05) is 22.6 Å². The topological polar surface area (TPSA) is 93.1 Å². The number of amides is 1. The molecule has 0 radical (unpaired) electrons. The fraction of sp³-hybridized carbons (Fsp3) is 0.158. The van der Waals surface area contributed by atoms with Crippen LogP contribution in [0.4, 0.5) is 5.69 Å². The predicted octanol–water partition coefficient (Wildman–Crippen LogP) is 3.14. The van der Waals surface area contributed by atoms with Crippen LogP contribution in [0.5, 0.6) is 0 Å². The summed E-state index contributed by atoms with van der Waals surface area (Å²) in [6.45, 7) is 3.40. The fourth-order valence-corrected chi connectivity index (χ4v) is 3.90. The van der Waals surface area contributed by atoms with E-state index in [2.05, 4.69) is 15.1 Å². The molecule has 0 saturated carbocycles. The van der Waals surface area contributed by atoms with Gasteiger partial charge in [-0.2, -0.15) is 9.82 Å². The first kappa shape index (κ1) is 20.1. The third kappa shape index (κ3) is 4.59. The molecule has 0 aliphatic carbocycles. The largest absolute Gasteiger partial charge is 0.325 e. The maximum Gasteiger partial charge on any atom is 0.242 e. The third-order valence-electron chi connectivity index (χ3n) is 4.04. The Balaban J connectivity index is 1.71. The highest BCUT2D eigenvalue weighted by atomic mass is 35.5. The summed E-state index contributed by atoms with van der Waals surface area (Å²) >= 11 is 5.78. The molecule has 0 saturated heterocycles. The summed E-state index contributed by atoms with van der Waals surface area (Å²) in [5.41, 5.74) is 2.28. The Morgan fingerprint density at radius 3 is 2.50 bits per heavy atom. The monoisotopic (exact) mass is 418 g/mol. The molecule has 28 heavy (non-hydrogen) atoms. The fourth-order valence-electron chi connectivity index (χ4n) is 2.57. The lowest BCUT2D eigenvalue weighted by atomic mass is 10.2. The van der Waals surface area contributed by atoms with E-state index >= 15 is 0 Å². The summed E-state index contributed by atoms with van der Waals surface area (Å²) in [5.74, 6) is -0.480. The smallest absolute Gasteiger partial charge is 0.242 e. The number of rotatable bonds is 6. The molecular weight excluding hydrogens is 400 g/mol. The van der Waals surface area contributed by atoms with Gasteiger partial charge in [0.1, 0.15) is 0 Å². The lowest BCUT2D eigenvalue weighted by Crippen LogP contribution is -2.41. The zero-order valence-corrected chi connectivity index (χ0v) is 16.8. The predicted molar refractivity (Wildman–Crippen MR) is 108 cm³/mol. The number of hydrogen-bond donors (Lipinski definition) is 2. The average Bonchev–Trinajstić information content (AvgIpc) is 3.08. The summed E-state index contributed by atoms with van der Waals surface area (Å²) in [6.07, 6.45) is 1.69. The molecular formula is C19H19ClN4O3S. The summed E-state index contributed by atoms with van der Waals surface area (Å²) in [5, 5.41) is 7.38. The molecule has 0 unspecified atom stereocenters. The van der Waals surface area contributed by atoms with Crippen molar-refractivity contribution < 1.29 is 13.2 Å². The molecule has 1 atom stereocenters. The molecule has 0 bridgehead atoms. The second kappa shape index (κ2) is 8.14. The summed E-state index contributed by atoms with van der Waals surface area (Å²) in [7, 11) is -3.85. The molecule has 2 N–H and O–H groups in total. The Hall–Kier alpha value is -2.68. The maximum absolute atomic E-state index is 12.5. The van der Waals surface area contributed by atoms with E-state index in [9.17, 15) is 13.2 Å². The first-order valence-corrected chi connectivity index (χ1v) is 10.3. The van der Waals surface area contributed by atoms with Crippen LogP contribution in [0.15, 0.2) is 65.7 Å². The van der Waals surface area contributed by atoms with Crippen molar-refractivity contribution in [1.82, 2.24) is 14.5 Å². The van der Waals surface area contributed by atoms with Crippen LogP contribution in [0, 0.1) is 6.92 Å². The SMILES string of the molecule is Cc1ccnn1-c1cccc(NC(=O)[C@H](C)NS(=O)(=O)c2ccc(Cl)cc2)c1. The van der Waals surface area contributed by atoms with Gasteiger partial charge >= 0.3 is 0 Å². The van der Waals surface area contributed by atoms with E-state index in [-0.39, 0.29) is 4.90 Å². The Kier molecular flexibility index (Phi) is 5.83. The normalized spacial score (nSPS) is 12.5. The van der Waals surface area contributed by atoms with Gasteiger partial charge in [0.2, 0.25) is 15.9 Å². The Bertz CT molecular complexity index is 1090. The van der Waals surface area contributed by atoms with E-state index < -0.39 is 22.0 Å². The van der Waals surface area contributed by atoms with Crippen LogP contribution >= 0.6 is 11.6 Å². The number of carbonyl (C=O) groups excluding carboxylic acids is 1. The number of carbonyl (C=O) groups is 1. The maximum atomic E-state index is 12.5. The van der Waals surface area contributed by atoms with E-state index in [1.807, 2.05) is 19.1 Å². The van der Waals surface area contributed by atoms with Crippen LogP contribution in [-0.4, -0.2) is 30.1 Å². The number of halogens is 1. The number of sulfonamides is 1. The van der Waals surface area contributed by atoms with Crippen molar-refractivity contribution in [3.05, 3.63) is 71.5 Å². The van der Waals surface area contributed by atoms with Crippen LogP contribution in [-0.2, 0) is 14.8 Å². The number of benzene rings is 2. The van der Waals surface area contributed by atoms with Gasteiger partial charge in [-0.05, 0) is 62.4 Å². The molecule has 9 heteroatoms. The van der Waals surface area contributed by atoms with Crippen molar-refractivity contribution in [3.63, 3.8) is 0 Å². The number of nitrogens with one attached hydrogen (secondary N) is 2. The highest BCUT2D eigenvalue weighted by Gasteiger charge is 2.22. The number of hydrogen-bond acceptors (Lipinski definition) is 4. The highest BCUT2D eigenvalue weighted by molar-refractivity contribution is 7.89. The van der Waals surface area contributed by atoms with E-state index in [1.165, 1.54) is 31.2 Å². The van der Waals surface area contributed by atoms with E-state index in [4.69, 9.17) is 11.6 Å². The molecule has 1 heterocycles. The van der Waals surface area contributed by atoms with E-state index in [1.54, 1.807) is 29.1 Å². The van der Waals surface area contributed by atoms with Crippen molar-refractivity contribution in [2.45, 2.75) is 24.8 Å². The van der Waals surface area contributed by atoms with Crippen molar-refractivity contribution in [2.24, 2.45) is 0 Å². The standard InChI is InChI=1S/C19H19ClN4O3S/c1-13-10-11-21-24(13)17-5-3-4-16(12-17)22-19(25)14(2)23-28(26,27)18-8-6-15(20)7-9-18/h3-12,14,23H,1-2H3,(H,22,25)/t14-/m0/s1. The first-order valence-electron chi connectivity index (χ1n) is 8.46. The molecule has 0 aliphatic rings. The Labute approximate surface area is 168 Å². The summed E-state index contributed by atoms with van der Waals surface area (Å²) < 4.78 is 28.9. The van der Waals surface area contributed by atoms with Crippen LogP contribution in [0.25, 0.3) is 5.69 Å². The summed E-state index contributed by atoms with van der Waals surface area (Å²) in [6, 6.07) is 13.7. The zero-order chi connectivity index (χ0) is 20.3. The molecule has 146 valence electrons. The van der Waals surface area contributed by atoms with Gasteiger partial charge in [0.05, 0.1) is 16.6 Å². The van der Waals surface area contributed by atoms with Gasteiger partial charge in [-0.15, -0.1) is 0 Å². The van der Waals surface area contributed by atoms with Crippen molar-refractivity contribution >= 4 is 33.2 Å². The van der Waals surface area contributed by atoms with Crippen molar-refractivity contribution in [1.29, 1.82) is 0 Å². The number of aryl methyl sites for hydroxylation is 1. The second-order valence-corrected chi connectivity index (χ2v) is 8.37. The Morgan fingerprint density at radius 1 is 1.14 bits per heavy atom. The lowest BCUT2D eigenvalue weighted by molar-refractivity contribution is -0.117. The molecule has 1 aromatic heterocycles. The van der Waals surface area contributed by atoms with Gasteiger partial charge in [-0.1, -0.05) is 17.7 Å². The van der Waals surface area contributed by atoms with E-state index in [0.717, 1.165) is 11.4 Å². The van der Waals surface area contributed by atoms with Gasteiger partial charge in [-0.3, -0.25) is 4.79 Å². The third-order valence-corrected chi connectivity index (χ3v) is 5.85. The quantitative estimate of drug-likeness (QED) is 0.643. The van der Waals surface area contributed by atoms with Crippen LogP contribution in [0.3, 0.4) is 0 Å². The van der Waals surface area contributed by atoms with Gasteiger partial charge in [0.15, 0.2) is 0 Å². The number of anilines is 1. The van der Waals surface area contributed by atoms with Gasteiger partial charge < -0.3 is 5.32 Å². The lowest BCUT2D eigenvalue weighted by Gasteiger charge is -2.15.